The summed E-state index contributed by atoms with van der Waals surface area (Å²) in [7, 11) is 0. The summed E-state index contributed by atoms with van der Waals surface area (Å²) in [6, 6.07) is 2.05. The van der Waals surface area contributed by atoms with Gasteiger partial charge in [-0.1, -0.05) is 0 Å². The van der Waals surface area contributed by atoms with E-state index >= 15 is 0 Å². The van der Waals surface area contributed by atoms with Crippen LogP contribution in [-0.2, 0) is 9.47 Å². The quantitative estimate of drug-likeness (QED) is 0.704. The Labute approximate surface area is 102 Å². The van der Waals surface area contributed by atoms with Crippen LogP contribution in [-0.4, -0.2) is 42.9 Å². The van der Waals surface area contributed by atoms with Gasteiger partial charge in [0.15, 0.2) is 0 Å². The highest BCUT2D eigenvalue weighted by Gasteiger charge is 2.24. The lowest BCUT2D eigenvalue weighted by Crippen LogP contribution is -2.41. The Bertz CT molecular complexity index is 278. The van der Waals surface area contributed by atoms with Crippen LogP contribution in [0, 0.1) is 11.3 Å². The standard InChI is InChI=1S/C12H20N2O3/c1-10(2)17-12(15)14-7-4-11(5-8-14)16-9-3-6-13/h10-11H,3-5,7-9H2,1-2H3. The number of nitrogens with zero attached hydrogens (tertiary/aromatic N) is 2. The molecule has 17 heavy (non-hydrogen) atoms. The molecule has 1 amide bonds. The Morgan fingerprint density at radius 1 is 1.47 bits per heavy atom. The first-order chi connectivity index (χ1) is 8.13. The fourth-order valence-corrected chi connectivity index (χ4v) is 1.75. The van der Waals surface area contributed by atoms with Crippen LogP contribution in [0.1, 0.15) is 33.1 Å². The first-order valence-electron chi connectivity index (χ1n) is 6.07. The summed E-state index contributed by atoms with van der Waals surface area (Å²) in [4.78, 5) is 13.3. The third kappa shape index (κ3) is 5.05. The van der Waals surface area contributed by atoms with Crippen LogP contribution in [0.3, 0.4) is 0 Å². The molecule has 1 rings (SSSR count). The average Bonchev–Trinajstić information content (AvgIpc) is 2.29. The molecule has 1 aliphatic heterocycles. The van der Waals surface area contributed by atoms with E-state index in [2.05, 4.69) is 0 Å². The molecule has 0 atom stereocenters. The minimum absolute atomic E-state index is 0.0768. The Hall–Kier alpha value is -1.28. The van der Waals surface area contributed by atoms with Crippen molar-refractivity contribution in [3.05, 3.63) is 0 Å². The molecule has 0 aromatic carbocycles. The number of carbonyl (C=O) groups is 1. The molecule has 0 bridgehead atoms. The smallest absolute Gasteiger partial charge is 0.410 e. The Balaban J connectivity index is 2.21. The number of amides is 1. The van der Waals surface area contributed by atoms with Gasteiger partial charge in [0, 0.05) is 13.1 Å². The molecule has 0 radical (unpaired) electrons. The predicted octanol–water partition coefficient (Wildman–Crippen LogP) is 1.93. The van der Waals surface area contributed by atoms with Gasteiger partial charge in [0.2, 0.25) is 0 Å². The Kier molecular flexibility index (Phi) is 5.78. The summed E-state index contributed by atoms with van der Waals surface area (Å²) in [5.74, 6) is 0. The highest BCUT2D eigenvalue weighted by Crippen LogP contribution is 2.15. The number of likely N-dealkylation sites (tertiary alicyclic amines) is 1. The van der Waals surface area contributed by atoms with Crippen LogP contribution < -0.4 is 0 Å². The zero-order chi connectivity index (χ0) is 12.7. The van der Waals surface area contributed by atoms with Gasteiger partial charge in [-0.25, -0.2) is 4.79 Å². The van der Waals surface area contributed by atoms with E-state index in [-0.39, 0.29) is 18.3 Å². The zero-order valence-electron chi connectivity index (χ0n) is 10.5. The van der Waals surface area contributed by atoms with Gasteiger partial charge in [0.25, 0.3) is 0 Å². The number of hydrogen-bond donors (Lipinski definition) is 0. The molecule has 0 aromatic rings. The molecule has 0 aliphatic carbocycles. The van der Waals surface area contributed by atoms with Crippen molar-refractivity contribution in [3.63, 3.8) is 0 Å². The molecule has 96 valence electrons. The summed E-state index contributed by atoms with van der Waals surface area (Å²) in [5, 5.41) is 8.40. The second-order valence-corrected chi connectivity index (χ2v) is 4.40. The van der Waals surface area contributed by atoms with Gasteiger partial charge >= 0.3 is 6.09 Å². The highest BCUT2D eigenvalue weighted by atomic mass is 16.6. The fraction of sp³-hybridized carbons (Fsp3) is 0.833. The van der Waals surface area contributed by atoms with Crippen molar-refractivity contribution in [1.82, 2.24) is 4.90 Å². The average molecular weight is 240 g/mol. The molecule has 1 aliphatic rings. The molecule has 1 heterocycles. The van der Waals surface area contributed by atoms with E-state index in [1.165, 1.54) is 0 Å². The van der Waals surface area contributed by atoms with Gasteiger partial charge in [-0.3, -0.25) is 0 Å². The predicted molar refractivity (Wildman–Crippen MR) is 62.4 cm³/mol. The molecule has 0 saturated carbocycles. The van der Waals surface area contributed by atoms with Gasteiger partial charge < -0.3 is 14.4 Å². The number of hydrogen-bond acceptors (Lipinski definition) is 4. The largest absolute Gasteiger partial charge is 0.447 e. The van der Waals surface area contributed by atoms with E-state index in [1.54, 1.807) is 4.90 Å². The van der Waals surface area contributed by atoms with E-state index in [4.69, 9.17) is 14.7 Å². The van der Waals surface area contributed by atoms with Crippen LogP contribution >= 0.6 is 0 Å². The van der Waals surface area contributed by atoms with Crippen LogP contribution in [0.4, 0.5) is 4.79 Å². The molecule has 1 saturated heterocycles. The Morgan fingerprint density at radius 3 is 2.65 bits per heavy atom. The van der Waals surface area contributed by atoms with Gasteiger partial charge in [0.1, 0.15) is 0 Å². The fourth-order valence-electron chi connectivity index (χ4n) is 1.75. The van der Waals surface area contributed by atoms with Crippen molar-refractivity contribution >= 4 is 6.09 Å². The van der Waals surface area contributed by atoms with E-state index < -0.39 is 0 Å². The molecular formula is C12H20N2O3. The van der Waals surface area contributed by atoms with Crippen LogP contribution in [0.2, 0.25) is 0 Å². The molecule has 0 unspecified atom stereocenters. The molecule has 5 nitrogen and oxygen atoms in total. The lowest BCUT2D eigenvalue weighted by atomic mass is 10.1. The lowest BCUT2D eigenvalue weighted by Gasteiger charge is -2.31. The SMILES string of the molecule is CC(C)OC(=O)N1CCC(OCCC#N)CC1. The third-order valence-electron chi connectivity index (χ3n) is 2.60. The molecule has 0 aromatic heterocycles. The van der Waals surface area contributed by atoms with Crippen molar-refractivity contribution in [2.24, 2.45) is 0 Å². The summed E-state index contributed by atoms with van der Waals surface area (Å²) in [5.41, 5.74) is 0. The minimum Gasteiger partial charge on any atom is -0.447 e. The molecular weight excluding hydrogens is 220 g/mol. The summed E-state index contributed by atoms with van der Waals surface area (Å²) in [6.07, 6.45) is 1.92. The number of carbonyl (C=O) groups excluding carboxylic acids is 1. The second-order valence-electron chi connectivity index (χ2n) is 4.40. The molecule has 0 spiro atoms. The van der Waals surface area contributed by atoms with Crippen LogP contribution in [0.15, 0.2) is 0 Å². The lowest BCUT2D eigenvalue weighted by molar-refractivity contribution is 0.00438. The van der Waals surface area contributed by atoms with Gasteiger partial charge in [0.05, 0.1) is 31.3 Å². The van der Waals surface area contributed by atoms with Crippen molar-refractivity contribution in [2.75, 3.05) is 19.7 Å². The number of rotatable bonds is 4. The minimum atomic E-state index is -0.240. The maximum atomic E-state index is 11.6. The van der Waals surface area contributed by atoms with Gasteiger partial charge in [-0.15, -0.1) is 0 Å². The summed E-state index contributed by atoms with van der Waals surface area (Å²) < 4.78 is 10.7. The van der Waals surface area contributed by atoms with Crippen molar-refractivity contribution in [3.8, 4) is 6.07 Å². The monoisotopic (exact) mass is 240 g/mol. The van der Waals surface area contributed by atoms with Crippen LogP contribution in [0.25, 0.3) is 0 Å². The highest BCUT2D eigenvalue weighted by molar-refractivity contribution is 5.67. The Morgan fingerprint density at radius 2 is 2.12 bits per heavy atom. The van der Waals surface area contributed by atoms with Crippen molar-refractivity contribution in [2.45, 2.75) is 45.3 Å². The van der Waals surface area contributed by atoms with Crippen molar-refractivity contribution in [1.29, 1.82) is 5.26 Å². The van der Waals surface area contributed by atoms with Crippen LogP contribution in [0.5, 0.6) is 0 Å². The topological polar surface area (TPSA) is 62.6 Å². The van der Waals surface area contributed by atoms with E-state index in [1.807, 2.05) is 19.9 Å². The normalized spacial score (nSPS) is 16.9. The maximum absolute atomic E-state index is 11.6. The van der Waals surface area contributed by atoms with Gasteiger partial charge in [-0.05, 0) is 26.7 Å². The number of nitriles is 1. The molecule has 5 heteroatoms. The van der Waals surface area contributed by atoms with Gasteiger partial charge in [-0.2, -0.15) is 5.26 Å². The molecule has 0 N–H and O–H groups in total. The first-order valence-corrected chi connectivity index (χ1v) is 6.07. The maximum Gasteiger partial charge on any atom is 0.410 e. The zero-order valence-corrected chi connectivity index (χ0v) is 10.5. The number of ether oxygens (including phenoxy) is 2. The second kappa shape index (κ2) is 7.13. The summed E-state index contributed by atoms with van der Waals surface area (Å²) >= 11 is 0. The van der Waals surface area contributed by atoms with E-state index in [0.717, 1.165) is 12.8 Å². The third-order valence-corrected chi connectivity index (χ3v) is 2.60. The number of piperidine rings is 1. The molecule has 1 fully saturated rings. The summed E-state index contributed by atoms with van der Waals surface area (Å²) in [6.45, 7) is 5.51. The van der Waals surface area contributed by atoms with E-state index in [0.29, 0.717) is 26.1 Å². The van der Waals surface area contributed by atoms with E-state index in [9.17, 15) is 4.79 Å². The van der Waals surface area contributed by atoms with Crippen molar-refractivity contribution < 1.29 is 14.3 Å². The first kappa shape index (κ1) is 13.8.